The summed E-state index contributed by atoms with van der Waals surface area (Å²) < 4.78 is 7.55. The van der Waals surface area contributed by atoms with E-state index in [2.05, 4.69) is 53.6 Å². The molecule has 6 heteroatoms. The van der Waals surface area contributed by atoms with Crippen molar-refractivity contribution in [2.45, 2.75) is 32.5 Å². The maximum absolute atomic E-state index is 12.7. The molecule has 0 radical (unpaired) electrons. The minimum Gasteiger partial charge on any atom is -0.374 e. The third kappa shape index (κ3) is 4.23. The number of carbonyl (C=O) groups is 2. The maximum atomic E-state index is 12.7. The lowest BCUT2D eigenvalue weighted by Gasteiger charge is -2.19. The number of aromatic nitrogens is 2. The van der Waals surface area contributed by atoms with Gasteiger partial charge in [-0.15, -0.1) is 0 Å². The third-order valence-electron chi connectivity index (χ3n) is 6.64. The minimum absolute atomic E-state index is 0.135. The number of amides is 1. The van der Waals surface area contributed by atoms with Crippen LogP contribution >= 0.6 is 0 Å². The molecule has 0 spiro atoms. The summed E-state index contributed by atoms with van der Waals surface area (Å²) in [5.74, 6) is 0.786. The normalized spacial score (nSPS) is 22.2. The Morgan fingerprint density at radius 3 is 2.38 bits per heavy atom. The molecule has 0 N–H and O–H groups in total. The Morgan fingerprint density at radius 2 is 1.69 bits per heavy atom. The fourth-order valence-corrected chi connectivity index (χ4v) is 4.99. The molecule has 2 heterocycles. The van der Waals surface area contributed by atoms with Gasteiger partial charge in [0.1, 0.15) is 5.69 Å². The highest BCUT2D eigenvalue weighted by atomic mass is 16.5. The van der Waals surface area contributed by atoms with Crippen molar-refractivity contribution in [3.05, 3.63) is 78.1 Å². The van der Waals surface area contributed by atoms with Crippen LogP contribution in [0.2, 0.25) is 0 Å². The molecule has 2 aromatic carbocycles. The summed E-state index contributed by atoms with van der Waals surface area (Å²) in [4.78, 5) is 26.0. The van der Waals surface area contributed by atoms with Crippen LogP contribution in [-0.2, 0) is 11.3 Å². The second-order valence-electron chi connectivity index (χ2n) is 8.88. The first-order valence-corrected chi connectivity index (χ1v) is 11.2. The number of hydrogen-bond donors (Lipinski definition) is 0. The molecule has 164 valence electrons. The van der Waals surface area contributed by atoms with Gasteiger partial charge in [0, 0.05) is 26.2 Å². The van der Waals surface area contributed by atoms with E-state index in [9.17, 15) is 9.59 Å². The van der Waals surface area contributed by atoms with Gasteiger partial charge in [0.15, 0.2) is 5.78 Å². The Kier molecular flexibility index (Phi) is 5.62. The number of ether oxygens (including phenoxy) is 1. The van der Waals surface area contributed by atoms with Crippen LogP contribution in [0.15, 0.2) is 66.9 Å². The number of nitrogens with zero attached hydrogens (tertiary/aromatic N) is 3. The van der Waals surface area contributed by atoms with Gasteiger partial charge >= 0.3 is 6.03 Å². The summed E-state index contributed by atoms with van der Waals surface area (Å²) in [6, 6.07) is 20.3. The molecule has 3 atom stereocenters. The third-order valence-corrected chi connectivity index (χ3v) is 6.64. The maximum Gasteiger partial charge on any atom is 0.344 e. The van der Waals surface area contributed by atoms with Crippen molar-refractivity contribution in [3.8, 4) is 11.1 Å². The van der Waals surface area contributed by atoms with Gasteiger partial charge in [-0.25, -0.2) is 4.79 Å². The Balaban J connectivity index is 1.14. The molecule has 5 rings (SSSR count). The number of benzene rings is 2. The zero-order valence-electron chi connectivity index (χ0n) is 18.2. The summed E-state index contributed by atoms with van der Waals surface area (Å²) >= 11 is 0. The predicted molar refractivity (Wildman–Crippen MR) is 121 cm³/mol. The summed E-state index contributed by atoms with van der Waals surface area (Å²) in [6.07, 6.45) is 3.76. The fourth-order valence-electron chi connectivity index (χ4n) is 4.99. The van der Waals surface area contributed by atoms with Gasteiger partial charge in [0.05, 0.1) is 12.7 Å². The summed E-state index contributed by atoms with van der Waals surface area (Å²) in [5, 5.41) is 4.11. The molecule has 1 aromatic heterocycles. The van der Waals surface area contributed by atoms with Crippen LogP contribution in [0.3, 0.4) is 0 Å². The van der Waals surface area contributed by atoms with Crippen molar-refractivity contribution >= 4 is 11.8 Å². The lowest BCUT2D eigenvalue weighted by molar-refractivity contribution is 0.0383. The van der Waals surface area contributed by atoms with Gasteiger partial charge in [0.2, 0.25) is 0 Å². The first-order chi connectivity index (χ1) is 15.6. The number of Topliss-reactive ketones (excluding diaryl/α,β-unsaturated/α-hetero) is 1. The summed E-state index contributed by atoms with van der Waals surface area (Å²) in [6.45, 7) is 3.51. The molecule has 1 amide bonds. The van der Waals surface area contributed by atoms with Crippen molar-refractivity contribution in [3.63, 3.8) is 0 Å². The molecule has 0 bridgehead atoms. The van der Waals surface area contributed by atoms with Crippen molar-refractivity contribution in [2.75, 3.05) is 13.1 Å². The van der Waals surface area contributed by atoms with E-state index in [1.165, 1.54) is 28.3 Å². The average Bonchev–Trinajstić information content (AvgIpc) is 3.53. The molecule has 1 aliphatic carbocycles. The highest BCUT2D eigenvalue weighted by Gasteiger charge is 2.43. The van der Waals surface area contributed by atoms with E-state index >= 15 is 0 Å². The van der Waals surface area contributed by atoms with Crippen LogP contribution in [0.25, 0.3) is 11.1 Å². The molecule has 1 aliphatic heterocycles. The summed E-state index contributed by atoms with van der Waals surface area (Å²) in [5.41, 5.74) is 3.92. The number of rotatable bonds is 5. The minimum atomic E-state index is -0.151. The smallest absolute Gasteiger partial charge is 0.344 e. The van der Waals surface area contributed by atoms with Crippen molar-refractivity contribution in [1.29, 1.82) is 0 Å². The second-order valence-corrected chi connectivity index (χ2v) is 8.88. The van der Waals surface area contributed by atoms with Gasteiger partial charge in [-0.3, -0.25) is 4.79 Å². The summed E-state index contributed by atoms with van der Waals surface area (Å²) in [7, 11) is 0. The Labute approximate surface area is 187 Å². The molecule has 2 fully saturated rings. The zero-order chi connectivity index (χ0) is 22.1. The Hall–Kier alpha value is -3.25. The topological polar surface area (TPSA) is 64.4 Å². The van der Waals surface area contributed by atoms with Crippen LogP contribution in [0.5, 0.6) is 0 Å². The van der Waals surface area contributed by atoms with E-state index in [4.69, 9.17) is 4.74 Å². The monoisotopic (exact) mass is 429 g/mol. The SMILES string of the molecule is CC(=O)c1ccn(C(=O)N2C[C@H]3CC(OCc4cccc(-c5ccccc5)c4)C[C@H]3C2)n1. The lowest BCUT2D eigenvalue weighted by Crippen LogP contribution is -2.34. The molecule has 3 aromatic rings. The van der Waals surface area contributed by atoms with Crippen LogP contribution in [-0.4, -0.2) is 45.7 Å². The Morgan fingerprint density at radius 1 is 0.969 bits per heavy atom. The van der Waals surface area contributed by atoms with Crippen LogP contribution in [0.1, 0.15) is 35.8 Å². The fraction of sp³-hybridized carbons (Fsp3) is 0.346. The molecular weight excluding hydrogens is 402 g/mol. The van der Waals surface area contributed by atoms with Gasteiger partial charge in [0.25, 0.3) is 0 Å². The van der Waals surface area contributed by atoms with Gasteiger partial charge in [-0.05, 0) is 53.5 Å². The molecule has 6 nitrogen and oxygen atoms in total. The highest BCUT2D eigenvalue weighted by molar-refractivity contribution is 5.92. The van der Waals surface area contributed by atoms with Crippen LogP contribution in [0, 0.1) is 11.8 Å². The van der Waals surface area contributed by atoms with Crippen LogP contribution in [0.4, 0.5) is 4.79 Å². The number of fused-ring (bicyclic) bond motifs is 1. The van der Waals surface area contributed by atoms with Gasteiger partial charge in [-0.2, -0.15) is 9.78 Å². The van der Waals surface area contributed by atoms with Crippen LogP contribution < -0.4 is 0 Å². The molecule has 32 heavy (non-hydrogen) atoms. The molecule has 1 unspecified atom stereocenters. The molecular formula is C26H27N3O3. The number of ketones is 1. The molecule has 1 saturated heterocycles. The van der Waals surface area contributed by atoms with E-state index in [0.29, 0.717) is 24.1 Å². The average molecular weight is 430 g/mol. The quantitative estimate of drug-likeness (QED) is 0.554. The lowest BCUT2D eigenvalue weighted by atomic mass is 10.0. The highest BCUT2D eigenvalue weighted by Crippen LogP contribution is 2.40. The number of hydrogen-bond acceptors (Lipinski definition) is 4. The van der Waals surface area contributed by atoms with Gasteiger partial charge in [-0.1, -0.05) is 48.5 Å². The first kappa shape index (κ1) is 20.6. The number of carbonyl (C=O) groups excluding carboxylic acids is 2. The van der Waals surface area contributed by atoms with Crippen molar-refractivity contribution in [2.24, 2.45) is 11.8 Å². The largest absolute Gasteiger partial charge is 0.374 e. The predicted octanol–water partition coefficient (Wildman–Crippen LogP) is 4.65. The van der Waals surface area contributed by atoms with E-state index in [0.717, 1.165) is 25.9 Å². The standard InChI is InChI=1S/C26H27N3O3/c1-18(30)25-10-11-29(27-25)26(31)28-15-22-13-24(14-23(22)16-28)32-17-19-6-5-9-21(12-19)20-7-3-2-4-8-20/h2-12,22-24H,13-17H2,1H3/t22-,23+,24?. The number of likely N-dealkylation sites (tertiary alicyclic amines) is 1. The van der Waals surface area contributed by atoms with Crippen molar-refractivity contribution < 1.29 is 14.3 Å². The van der Waals surface area contributed by atoms with E-state index < -0.39 is 0 Å². The van der Waals surface area contributed by atoms with Gasteiger partial charge < -0.3 is 9.64 Å². The molecule has 2 aliphatic rings. The zero-order valence-corrected chi connectivity index (χ0v) is 18.2. The van der Waals surface area contributed by atoms with E-state index in [1.807, 2.05) is 11.0 Å². The van der Waals surface area contributed by atoms with Crippen molar-refractivity contribution in [1.82, 2.24) is 14.7 Å². The first-order valence-electron chi connectivity index (χ1n) is 11.2. The molecule has 1 saturated carbocycles. The van der Waals surface area contributed by atoms with E-state index in [-0.39, 0.29) is 17.9 Å². The van der Waals surface area contributed by atoms with E-state index in [1.54, 1.807) is 12.3 Å². The Bertz CT molecular complexity index is 1110. The second kappa shape index (κ2) is 8.71.